The summed E-state index contributed by atoms with van der Waals surface area (Å²) >= 11 is 7.16. The maximum absolute atomic E-state index is 12.2. The highest BCUT2D eigenvalue weighted by Gasteiger charge is 2.26. The number of ether oxygens (including phenoxy) is 4. The number of rotatable bonds is 15. The molecule has 3 aromatic carbocycles. The van der Waals surface area contributed by atoms with E-state index in [4.69, 9.17) is 40.6 Å². The smallest absolute Gasteiger partial charge is 0.325 e. The van der Waals surface area contributed by atoms with Gasteiger partial charge in [0.2, 0.25) is 11.8 Å². The van der Waals surface area contributed by atoms with Crippen LogP contribution in [0.4, 0.5) is 0 Å². The number of nitrogens with zero attached hydrogens (tertiary/aromatic N) is 3. The average Bonchev–Trinajstić information content (AvgIpc) is 3.80. The van der Waals surface area contributed by atoms with Crippen LogP contribution in [0.5, 0.6) is 17.4 Å². The van der Waals surface area contributed by atoms with Gasteiger partial charge in [-0.05, 0) is 31.0 Å². The third-order valence-electron chi connectivity index (χ3n) is 9.38. The summed E-state index contributed by atoms with van der Waals surface area (Å²) in [5.41, 5.74) is 6.19. The molecule has 1 fully saturated rings. The lowest BCUT2D eigenvalue weighted by Crippen LogP contribution is -2.45. The van der Waals surface area contributed by atoms with Crippen LogP contribution >= 0.6 is 11.6 Å². The Kier molecular flexibility index (Phi) is 11.8. The van der Waals surface area contributed by atoms with Crippen LogP contribution in [-0.2, 0) is 27.4 Å². The van der Waals surface area contributed by atoms with Gasteiger partial charge in [0, 0.05) is 66.3 Å². The van der Waals surface area contributed by atoms with Crippen molar-refractivity contribution in [2.45, 2.75) is 51.0 Å². The topological polar surface area (TPSA) is 158 Å². The first-order valence-electron chi connectivity index (χ1n) is 17.2. The van der Waals surface area contributed by atoms with Gasteiger partial charge in [0.25, 0.3) is 0 Å². The van der Waals surface area contributed by atoms with Crippen molar-refractivity contribution in [2.75, 3.05) is 35.0 Å². The quantitative estimate of drug-likeness (QED) is 0.109. The monoisotopic (exact) mass is 742 g/mol. The van der Waals surface area contributed by atoms with Crippen LogP contribution in [0.25, 0.3) is 39.0 Å². The Morgan fingerprint density at radius 3 is 2.38 bits per heavy atom. The highest BCUT2D eigenvalue weighted by atomic mass is 35.5. The second-order valence-electron chi connectivity index (χ2n) is 12.7. The number of esters is 1. The lowest BCUT2D eigenvalue weighted by atomic mass is 9.98. The molecular formula is C39H43ClN6O7. The molecule has 2 aromatic heterocycles. The van der Waals surface area contributed by atoms with E-state index < -0.39 is 18.1 Å². The zero-order valence-corrected chi connectivity index (χ0v) is 31.0. The van der Waals surface area contributed by atoms with E-state index in [0.717, 1.165) is 39.6 Å². The van der Waals surface area contributed by atoms with Crippen LogP contribution in [0.3, 0.4) is 0 Å². The number of carbonyl (C=O) groups excluding carboxylic acids is 2. The highest BCUT2D eigenvalue weighted by molar-refractivity contribution is 6.36. The van der Waals surface area contributed by atoms with Crippen molar-refractivity contribution in [1.82, 2.24) is 30.7 Å². The summed E-state index contributed by atoms with van der Waals surface area (Å²) in [6, 6.07) is 18.6. The second-order valence-corrected chi connectivity index (χ2v) is 13.1. The predicted octanol–water partition coefficient (Wildman–Crippen LogP) is 4.81. The molecule has 6 rings (SSSR count). The molecule has 4 N–H and O–H groups in total. The zero-order valence-electron chi connectivity index (χ0n) is 30.2. The maximum atomic E-state index is 12.2. The molecular weight excluding hydrogens is 700 g/mol. The molecule has 53 heavy (non-hydrogen) atoms. The van der Waals surface area contributed by atoms with Crippen LogP contribution in [0.2, 0.25) is 5.02 Å². The van der Waals surface area contributed by atoms with Gasteiger partial charge in [-0.1, -0.05) is 48.0 Å². The minimum Gasteiger partial charge on any atom is -0.496 e. The van der Waals surface area contributed by atoms with Crippen molar-refractivity contribution in [3.63, 3.8) is 0 Å². The van der Waals surface area contributed by atoms with Crippen molar-refractivity contribution in [2.24, 2.45) is 0 Å². The van der Waals surface area contributed by atoms with Gasteiger partial charge in [-0.15, -0.1) is 0 Å². The lowest BCUT2D eigenvalue weighted by Gasteiger charge is -2.21. The molecule has 1 aliphatic heterocycles. The number of methoxy groups -OCH3 is 4. The van der Waals surface area contributed by atoms with E-state index in [0.29, 0.717) is 58.9 Å². The zero-order chi connectivity index (χ0) is 37.6. The number of nitrogens with one attached hydrogen (secondary N) is 3. The van der Waals surface area contributed by atoms with Gasteiger partial charge in [0.1, 0.15) is 17.5 Å². The normalized spacial score (nSPS) is 15.2. The Labute approximate surface area is 312 Å². The standard InChI is InChI=1S/C39H43ClN6O7/c1-22(47)37(39(49)53-5)42-20-30-33(50-2)16-25(17-34(30)51-3)46-32-11-7-8-26(29(32)21-43-46)27-9-6-10-28(36(27)40)31-14-12-23(38(45-31)52-4)18-41-19-24-13-15-35(48)44-24/h6-12,14,16-17,21-22,24,37,41-42,47H,13,15,18-20H2,1-5H3,(H,44,48)/t22-,24+,37+/m1/s1. The minimum atomic E-state index is -0.982. The van der Waals surface area contributed by atoms with E-state index in [1.165, 1.54) is 14.0 Å². The number of hydrogen-bond donors (Lipinski definition) is 4. The first kappa shape index (κ1) is 37.5. The number of aromatic nitrogens is 3. The Balaban J connectivity index is 1.29. The van der Waals surface area contributed by atoms with E-state index in [2.05, 4.69) is 16.0 Å². The van der Waals surface area contributed by atoms with Crippen LogP contribution < -0.4 is 30.2 Å². The molecule has 1 saturated heterocycles. The van der Waals surface area contributed by atoms with Gasteiger partial charge in [-0.25, -0.2) is 9.67 Å². The molecule has 3 atom stereocenters. The first-order valence-corrected chi connectivity index (χ1v) is 17.6. The van der Waals surface area contributed by atoms with Crippen molar-refractivity contribution in [1.29, 1.82) is 0 Å². The third kappa shape index (κ3) is 7.93. The average molecular weight is 743 g/mol. The molecule has 0 spiro atoms. The van der Waals surface area contributed by atoms with Crippen LogP contribution in [0.1, 0.15) is 30.9 Å². The molecule has 0 bridgehead atoms. The second kappa shape index (κ2) is 16.6. The van der Waals surface area contributed by atoms with Crippen molar-refractivity contribution in [3.05, 3.63) is 83.0 Å². The van der Waals surface area contributed by atoms with E-state index in [1.807, 2.05) is 60.7 Å². The number of aliphatic hydroxyl groups excluding tert-OH is 1. The molecule has 3 heterocycles. The molecule has 0 saturated carbocycles. The molecule has 13 nitrogen and oxygen atoms in total. The fourth-order valence-corrected chi connectivity index (χ4v) is 6.95. The van der Waals surface area contributed by atoms with Crippen molar-refractivity contribution in [3.8, 4) is 45.5 Å². The Morgan fingerprint density at radius 1 is 1.00 bits per heavy atom. The summed E-state index contributed by atoms with van der Waals surface area (Å²) in [6.45, 7) is 2.89. The fraction of sp³-hybridized carbons (Fsp3) is 0.333. The Bertz CT molecular complexity index is 2090. The van der Waals surface area contributed by atoms with Gasteiger partial charge in [0.05, 0.1) is 68.2 Å². The van der Waals surface area contributed by atoms with Gasteiger partial charge in [-0.2, -0.15) is 5.10 Å². The van der Waals surface area contributed by atoms with Crippen molar-refractivity contribution < 1.29 is 33.6 Å². The van der Waals surface area contributed by atoms with E-state index >= 15 is 0 Å². The molecule has 14 heteroatoms. The summed E-state index contributed by atoms with van der Waals surface area (Å²) in [4.78, 5) is 28.6. The largest absolute Gasteiger partial charge is 0.496 e. The number of fused-ring (bicyclic) bond motifs is 1. The number of halogens is 1. The molecule has 1 amide bonds. The molecule has 5 aromatic rings. The number of carbonyl (C=O) groups is 2. The molecule has 0 aliphatic carbocycles. The Hall–Kier alpha value is -5.21. The summed E-state index contributed by atoms with van der Waals surface area (Å²) < 4.78 is 23.8. The van der Waals surface area contributed by atoms with E-state index in [1.54, 1.807) is 32.2 Å². The number of aliphatic hydroxyl groups is 1. The fourth-order valence-electron chi connectivity index (χ4n) is 6.63. The first-order chi connectivity index (χ1) is 25.7. The van der Waals surface area contributed by atoms with Gasteiger partial charge < -0.3 is 34.7 Å². The van der Waals surface area contributed by atoms with E-state index in [9.17, 15) is 14.7 Å². The van der Waals surface area contributed by atoms with Gasteiger partial charge in [0.15, 0.2) is 0 Å². The summed E-state index contributed by atoms with van der Waals surface area (Å²) in [6.07, 6.45) is 2.20. The van der Waals surface area contributed by atoms with Gasteiger partial charge in [-0.3, -0.25) is 14.9 Å². The number of amides is 1. The number of benzene rings is 3. The molecule has 0 radical (unpaired) electrons. The van der Waals surface area contributed by atoms with Crippen molar-refractivity contribution >= 4 is 34.4 Å². The third-order valence-corrected chi connectivity index (χ3v) is 9.78. The lowest BCUT2D eigenvalue weighted by molar-refractivity contribution is -0.145. The minimum absolute atomic E-state index is 0.0911. The van der Waals surface area contributed by atoms with E-state index in [-0.39, 0.29) is 18.5 Å². The molecule has 278 valence electrons. The number of hydrogen-bond acceptors (Lipinski definition) is 11. The van der Waals surface area contributed by atoms with Crippen LogP contribution in [0, 0.1) is 0 Å². The Morgan fingerprint density at radius 2 is 1.72 bits per heavy atom. The SMILES string of the molecule is COC(=O)[C@@H](NCc1c(OC)cc(-n2ncc3c(-c4cccc(-c5ccc(CNC[C@@H]6CCC(=O)N6)c(OC)n5)c4Cl)cccc32)cc1OC)[C@@H](C)O. The maximum Gasteiger partial charge on any atom is 0.325 e. The van der Waals surface area contributed by atoms with Gasteiger partial charge >= 0.3 is 5.97 Å². The summed E-state index contributed by atoms with van der Waals surface area (Å²) in [5.74, 6) is 1.01. The number of pyridine rings is 1. The summed E-state index contributed by atoms with van der Waals surface area (Å²) in [5, 5.41) is 25.7. The summed E-state index contributed by atoms with van der Waals surface area (Å²) in [7, 11) is 5.97. The molecule has 0 unspecified atom stereocenters. The van der Waals surface area contributed by atoms with Crippen LogP contribution in [0.15, 0.2) is 66.9 Å². The molecule has 1 aliphatic rings. The highest BCUT2D eigenvalue weighted by Crippen LogP contribution is 2.40. The predicted molar refractivity (Wildman–Crippen MR) is 202 cm³/mol. The van der Waals surface area contributed by atoms with Crippen LogP contribution in [-0.4, -0.2) is 84.9 Å².